The second kappa shape index (κ2) is 3.33. The molecule has 0 atom stereocenters. The average molecular weight is 186 g/mol. The Hall–Kier alpha value is -1.10. The first-order valence-corrected chi connectivity index (χ1v) is 4.37. The summed E-state index contributed by atoms with van der Waals surface area (Å²) in [6.07, 6.45) is 0.890. The summed E-state index contributed by atoms with van der Waals surface area (Å²) < 4.78 is -0.00810. The molecule has 1 rings (SSSR count). The van der Waals surface area contributed by atoms with Gasteiger partial charge in [-0.15, -0.1) is 0 Å². The molecular weight excluding hydrogens is 170 g/mol. The minimum atomic E-state index is -0.161. The van der Waals surface area contributed by atoms with Crippen molar-refractivity contribution in [2.45, 2.75) is 13.3 Å². The lowest BCUT2D eigenvalue weighted by molar-refractivity contribution is -0.921. The van der Waals surface area contributed by atoms with E-state index in [9.17, 15) is 9.59 Å². The van der Waals surface area contributed by atoms with E-state index in [-0.39, 0.29) is 16.5 Å². The summed E-state index contributed by atoms with van der Waals surface area (Å²) in [4.78, 5) is 22.7. The molecular formula is C8H16N3O2+. The van der Waals surface area contributed by atoms with Crippen LogP contribution in [-0.2, 0) is 4.79 Å². The zero-order valence-electron chi connectivity index (χ0n) is 8.33. The molecule has 0 saturated carbocycles. The Balaban J connectivity index is 2.79. The van der Waals surface area contributed by atoms with Crippen LogP contribution in [0.2, 0.25) is 0 Å². The molecule has 0 radical (unpaired) electrons. The number of carbonyl (C=O) groups is 2. The maximum absolute atomic E-state index is 11.4. The molecule has 0 aromatic heterocycles. The third kappa shape index (κ3) is 1.80. The Kier molecular flexibility index (Phi) is 2.56. The number of carbonyl (C=O) groups excluding carboxylic acids is 2. The second-order valence-electron chi connectivity index (χ2n) is 3.62. The molecule has 1 aliphatic heterocycles. The maximum atomic E-state index is 11.4. The topological polar surface area (TPSA) is 49.4 Å². The molecule has 0 spiro atoms. The molecule has 1 N–H and O–H groups in total. The number of rotatable bonds is 1. The molecule has 0 aliphatic carbocycles. The van der Waals surface area contributed by atoms with E-state index in [1.54, 1.807) is 14.1 Å². The summed E-state index contributed by atoms with van der Waals surface area (Å²) in [5, 5.41) is 4.25. The van der Waals surface area contributed by atoms with Gasteiger partial charge in [-0.05, 0) is 6.42 Å². The monoisotopic (exact) mass is 186 g/mol. The highest BCUT2D eigenvalue weighted by Crippen LogP contribution is 2.10. The van der Waals surface area contributed by atoms with Gasteiger partial charge in [-0.2, -0.15) is 9.60 Å². The Morgan fingerprint density at radius 1 is 1.54 bits per heavy atom. The van der Waals surface area contributed by atoms with Gasteiger partial charge >= 0.3 is 11.9 Å². The molecule has 74 valence electrons. The van der Waals surface area contributed by atoms with Crippen molar-refractivity contribution in [3.05, 3.63) is 0 Å². The van der Waals surface area contributed by atoms with Gasteiger partial charge in [0.1, 0.15) is 0 Å². The van der Waals surface area contributed by atoms with E-state index in [1.807, 2.05) is 0 Å². The minimum absolute atomic E-state index is 0.00810. The van der Waals surface area contributed by atoms with Crippen molar-refractivity contribution in [3.63, 3.8) is 0 Å². The highest BCUT2D eigenvalue weighted by atomic mass is 16.2. The largest absolute Gasteiger partial charge is 0.362 e. The number of quaternary nitrogens is 1. The SMILES string of the molecule is CC(=O)[N+](C)(C)N1CCCNC1=O. The van der Waals surface area contributed by atoms with Crippen LogP contribution >= 0.6 is 0 Å². The van der Waals surface area contributed by atoms with Crippen LogP contribution < -0.4 is 5.32 Å². The smallest absolute Gasteiger partial charge is 0.334 e. The van der Waals surface area contributed by atoms with E-state index in [4.69, 9.17) is 0 Å². The normalized spacial score (nSPS) is 18.4. The molecule has 1 aliphatic rings. The van der Waals surface area contributed by atoms with Crippen molar-refractivity contribution in [2.75, 3.05) is 27.2 Å². The highest BCUT2D eigenvalue weighted by Gasteiger charge is 2.36. The molecule has 3 amide bonds. The van der Waals surface area contributed by atoms with Crippen molar-refractivity contribution >= 4 is 11.9 Å². The lowest BCUT2D eigenvalue weighted by atomic mass is 10.3. The molecule has 0 aromatic carbocycles. The predicted molar refractivity (Wildman–Crippen MR) is 47.5 cm³/mol. The third-order valence-electron chi connectivity index (χ3n) is 2.43. The number of hydrogen-bond acceptors (Lipinski definition) is 2. The summed E-state index contributed by atoms with van der Waals surface area (Å²) in [5.41, 5.74) is 0. The van der Waals surface area contributed by atoms with Crippen LogP contribution in [0.15, 0.2) is 0 Å². The van der Waals surface area contributed by atoms with Crippen molar-refractivity contribution in [3.8, 4) is 0 Å². The van der Waals surface area contributed by atoms with E-state index in [0.717, 1.165) is 6.42 Å². The number of urea groups is 1. The van der Waals surface area contributed by atoms with Crippen LogP contribution in [0, 0.1) is 0 Å². The van der Waals surface area contributed by atoms with Gasteiger partial charge in [0.15, 0.2) is 0 Å². The first-order chi connectivity index (χ1) is 5.96. The van der Waals surface area contributed by atoms with Crippen LogP contribution in [0.1, 0.15) is 13.3 Å². The molecule has 1 fully saturated rings. The number of nitrogens with zero attached hydrogens (tertiary/aromatic N) is 2. The van der Waals surface area contributed by atoms with E-state index in [2.05, 4.69) is 5.32 Å². The molecule has 5 heteroatoms. The van der Waals surface area contributed by atoms with Crippen molar-refractivity contribution in [1.82, 2.24) is 10.3 Å². The fourth-order valence-corrected chi connectivity index (χ4v) is 1.26. The quantitative estimate of drug-likeness (QED) is 0.583. The van der Waals surface area contributed by atoms with Gasteiger partial charge in [0, 0.05) is 6.54 Å². The first-order valence-electron chi connectivity index (χ1n) is 4.37. The lowest BCUT2D eigenvalue weighted by Gasteiger charge is -2.38. The summed E-state index contributed by atoms with van der Waals surface area (Å²) in [6.45, 7) is 2.83. The molecule has 0 bridgehead atoms. The van der Waals surface area contributed by atoms with Gasteiger partial charge in [-0.1, -0.05) is 0 Å². The highest BCUT2D eigenvalue weighted by molar-refractivity contribution is 5.76. The van der Waals surface area contributed by atoms with E-state index >= 15 is 0 Å². The number of hydrogen-bond donors (Lipinski definition) is 1. The van der Waals surface area contributed by atoms with Crippen molar-refractivity contribution in [1.29, 1.82) is 0 Å². The van der Waals surface area contributed by atoms with Crippen LogP contribution in [0.25, 0.3) is 0 Å². The third-order valence-corrected chi connectivity index (χ3v) is 2.43. The van der Waals surface area contributed by atoms with Gasteiger partial charge in [-0.25, -0.2) is 9.59 Å². The first kappa shape index (κ1) is 9.98. The number of amides is 3. The van der Waals surface area contributed by atoms with Crippen LogP contribution in [0.3, 0.4) is 0 Å². The van der Waals surface area contributed by atoms with Gasteiger partial charge in [-0.3, -0.25) is 0 Å². The van der Waals surface area contributed by atoms with Crippen molar-refractivity contribution in [2.24, 2.45) is 0 Å². The van der Waals surface area contributed by atoms with Crippen LogP contribution in [-0.4, -0.2) is 48.7 Å². The molecule has 0 unspecified atom stereocenters. The molecule has 13 heavy (non-hydrogen) atoms. The summed E-state index contributed by atoms with van der Waals surface area (Å²) in [5.74, 6) is -0.0444. The fraction of sp³-hybridized carbons (Fsp3) is 0.750. The number of nitrogens with one attached hydrogen (secondary N) is 1. The molecule has 5 nitrogen and oxygen atoms in total. The standard InChI is InChI=1S/C8H15N3O2/c1-7(12)11(2,3)10-6-4-5-9-8(10)13/h4-6H2,1-3H3/p+1. The van der Waals surface area contributed by atoms with Crippen LogP contribution in [0.4, 0.5) is 4.79 Å². The Bertz CT molecular complexity index is 238. The van der Waals surface area contributed by atoms with E-state index < -0.39 is 0 Å². The van der Waals surface area contributed by atoms with Crippen molar-refractivity contribution < 1.29 is 14.2 Å². The van der Waals surface area contributed by atoms with Gasteiger partial charge in [0.05, 0.1) is 27.6 Å². The summed E-state index contributed by atoms with van der Waals surface area (Å²) in [7, 11) is 3.43. The molecule has 0 aromatic rings. The zero-order valence-corrected chi connectivity index (χ0v) is 8.33. The van der Waals surface area contributed by atoms with E-state index in [1.165, 1.54) is 11.9 Å². The van der Waals surface area contributed by atoms with E-state index in [0.29, 0.717) is 13.1 Å². The Morgan fingerprint density at radius 3 is 2.62 bits per heavy atom. The molecule has 1 saturated heterocycles. The lowest BCUT2D eigenvalue weighted by Crippen LogP contribution is -2.64. The van der Waals surface area contributed by atoms with Gasteiger partial charge in [0.25, 0.3) is 0 Å². The summed E-state index contributed by atoms with van der Waals surface area (Å²) in [6, 6.07) is -0.161. The second-order valence-corrected chi connectivity index (χ2v) is 3.62. The average Bonchev–Trinajstić information content (AvgIpc) is 2.04. The zero-order chi connectivity index (χ0) is 10.1. The van der Waals surface area contributed by atoms with Crippen LogP contribution in [0.5, 0.6) is 0 Å². The maximum Gasteiger partial charge on any atom is 0.362 e. The molecule has 1 heterocycles. The Morgan fingerprint density at radius 2 is 2.15 bits per heavy atom. The Labute approximate surface area is 77.9 Å². The minimum Gasteiger partial charge on any atom is -0.334 e. The fourth-order valence-electron chi connectivity index (χ4n) is 1.26. The summed E-state index contributed by atoms with van der Waals surface area (Å²) >= 11 is 0. The van der Waals surface area contributed by atoms with Gasteiger partial charge < -0.3 is 5.32 Å². The predicted octanol–water partition coefficient (Wildman–Crippen LogP) is -0.0604. The van der Waals surface area contributed by atoms with Gasteiger partial charge in [0.2, 0.25) is 0 Å².